The van der Waals surface area contributed by atoms with Gasteiger partial charge in [0, 0.05) is 41.7 Å². The molecular formula is C34H64N2O4. The van der Waals surface area contributed by atoms with E-state index >= 15 is 0 Å². The second-order valence-corrected chi connectivity index (χ2v) is 14.6. The molecule has 0 bridgehead atoms. The van der Waals surface area contributed by atoms with E-state index in [0.29, 0.717) is 37.5 Å². The Labute approximate surface area is 246 Å². The van der Waals surface area contributed by atoms with Gasteiger partial charge in [-0.3, -0.25) is 19.4 Å². The van der Waals surface area contributed by atoms with Crippen molar-refractivity contribution in [1.82, 2.24) is 9.80 Å². The predicted molar refractivity (Wildman–Crippen MR) is 166 cm³/mol. The van der Waals surface area contributed by atoms with Gasteiger partial charge in [-0.15, -0.1) is 0 Å². The first-order chi connectivity index (χ1) is 18.5. The smallest absolute Gasteiger partial charge is 0.309 e. The quantitative estimate of drug-likeness (QED) is 0.208. The molecule has 2 aliphatic rings. The largest absolute Gasteiger partial charge is 0.481 e. The first kappa shape index (κ1) is 35.1. The lowest BCUT2D eigenvalue weighted by Crippen LogP contribution is -2.65. The van der Waals surface area contributed by atoms with Crippen LogP contribution in [0.1, 0.15) is 153 Å². The zero-order chi connectivity index (χ0) is 30.6. The van der Waals surface area contributed by atoms with Crippen molar-refractivity contribution in [3.05, 3.63) is 0 Å². The Morgan fingerprint density at radius 2 is 1.12 bits per heavy atom. The number of hydrogen-bond donors (Lipinski definition) is 2. The molecule has 40 heavy (non-hydrogen) atoms. The number of nitrogens with zero attached hydrogens (tertiary/aromatic N) is 2. The number of likely N-dealkylation sites (tertiary alicyclic amines) is 2. The Morgan fingerprint density at radius 1 is 0.725 bits per heavy atom. The van der Waals surface area contributed by atoms with Gasteiger partial charge in [0.25, 0.3) is 0 Å². The van der Waals surface area contributed by atoms with E-state index in [0.717, 1.165) is 51.6 Å². The molecule has 0 aromatic carbocycles. The third-order valence-electron chi connectivity index (χ3n) is 13.0. The number of aliphatic carboxylic acids is 2. The second-order valence-electron chi connectivity index (χ2n) is 14.6. The van der Waals surface area contributed by atoms with Gasteiger partial charge in [-0.2, -0.15) is 0 Å². The summed E-state index contributed by atoms with van der Waals surface area (Å²) in [5.74, 6) is -0.494. The fraction of sp³-hybridized carbons (Fsp3) is 0.941. The molecule has 0 aromatic heterocycles. The Balaban J connectivity index is 2.47. The average molecular weight is 565 g/mol. The Hall–Kier alpha value is -1.14. The lowest BCUT2D eigenvalue weighted by atomic mass is 9.67. The van der Waals surface area contributed by atoms with E-state index in [1.165, 1.54) is 12.8 Å². The van der Waals surface area contributed by atoms with Crippen LogP contribution in [-0.2, 0) is 9.59 Å². The van der Waals surface area contributed by atoms with E-state index in [2.05, 4.69) is 79.0 Å². The number of rotatable bonds is 15. The molecule has 0 aromatic rings. The summed E-state index contributed by atoms with van der Waals surface area (Å²) in [6.07, 6.45) is 10.8. The SMILES string of the molecule is CCC1(C)CCC(C)C(C)(CC)N1CCC(CCCC(=O)O)(CCN1C(C)(CC)CCC(C)C1(C)CC)C(=O)O. The van der Waals surface area contributed by atoms with E-state index in [-0.39, 0.29) is 28.6 Å². The molecule has 6 unspecified atom stereocenters. The molecule has 2 N–H and O–H groups in total. The Morgan fingerprint density at radius 3 is 1.43 bits per heavy atom. The molecule has 2 saturated heterocycles. The zero-order valence-electron chi connectivity index (χ0n) is 27.9. The van der Waals surface area contributed by atoms with Gasteiger partial charge in [0.2, 0.25) is 0 Å². The molecule has 0 saturated carbocycles. The summed E-state index contributed by atoms with van der Waals surface area (Å²) >= 11 is 0. The molecule has 2 rings (SSSR count). The Kier molecular flexibility index (Phi) is 11.8. The zero-order valence-corrected chi connectivity index (χ0v) is 27.9. The summed E-state index contributed by atoms with van der Waals surface area (Å²) < 4.78 is 0. The van der Waals surface area contributed by atoms with Crippen molar-refractivity contribution >= 4 is 11.9 Å². The van der Waals surface area contributed by atoms with Gasteiger partial charge in [-0.1, -0.05) is 41.5 Å². The molecule has 2 fully saturated rings. The predicted octanol–water partition coefficient (Wildman–Crippen LogP) is 8.23. The maximum Gasteiger partial charge on any atom is 0.309 e. The topological polar surface area (TPSA) is 81.1 Å². The normalized spacial score (nSPS) is 37.2. The molecule has 0 radical (unpaired) electrons. The molecule has 0 amide bonds. The number of carboxylic acid groups (broad SMARTS) is 2. The minimum Gasteiger partial charge on any atom is -0.481 e. The maximum absolute atomic E-state index is 13.3. The van der Waals surface area contributed by atoms with Crippen LogP contribution in [0.3, 0.4) is 0 Å². The highest BCUT2D eigenvalue weighted by atomic mass is 16.4. The van der Waals surface area contributed by atoms with Crippen molar-refractivity contribution in [3.63, 3.8) is 0 Å². The first-order valence-electron chi connectivity index (χ1n) is 16.5. The van der Waals surface area contributed by atoms with Gasteiger partial charge < -0.3 is 10.2 Å². The van der Waals surface area contributed by atoms with Gasteiger partial charge >= 0.3 is 11.9 Å². The number of hydrogen-bond acceptors (Lipinski definition) is 4. The molecule has 0 aliphatic carbocycles. The third kappa shape index (κ3) is 6.74. The fourth-order valence-corrected chi connectivity index (χ4v) is 8.50. The third-order valence-corrected chi connectivity index (χ3v) is 13.0. The van der Waals surface area contributed by atoms with Crippen molar-refractivity contribution in [2.75, 3.05) is 13.1 Å². The van der Waals surface area contributed by atoms with Crippen molar-refractivity contribution < 1.29 is 19.8 Å². The van der Waals surface area contributed by atoms with E-state index in [1.807, 2.05) is 0 Å². The Bertz CT molecular complexity index is 813. The summed E-state index contributed by atoms with van der Waals surface area (Å²) in [6.45, 7) is 24.8. The van der Waals surface area contributed by atoms with E-state index in [1.54, 1.807) is 0 Å². The van der Waals surface area contributed by atoms with E-state index in [9.17, 15) is 19.8 Å². The summed E-state index contributed by atoms with van der Waals surface area (Å²) in [5, 5.41) is 20.3. The van der Waals surface area contributed by atoms with Crippen molar-refractivity contribution in [2.45, 2.75) is 175 Å². The van der Waals surface area contributed by atoms with Crippen LogP contribution in [0, 0.1) is 17.3 Å². The van der Waals surface area contributed by atoms with E-state index in [4.69, 9.17) is 0 Å². The van der Waals surface area contributed by atoms with Crippen molar-refractivity contribution in [2.24, 2.45) is 17.3 Å². The molecular weight excluding hydrogens is 500 g/mol. The standard InChI is InChI=1S/C34H64N2O4/c1-11-30(7)20-17-26(5)32(9,13-3)35(30)24-22-34(29(39)40,19-15-16-28(37)38)23-25-36-31(8,12-2)21-18-27(6)33(36,10)14-4/h26-27H,11-25H2,1-10H3,(H,37,38)(H,39,40). The van der Waals surface area contributed by atoms with Crippen LogP contribution in [0.2, 0.25) is 0 Å². The minimum atomic E-state index is -0.941. The summed E-state index contributed by atoms with van der Waals surface area (Å²) in [5.41, 5.74) is -0.793. The van der Waals surface area contributed by atoms with Crippen LogP contribution in [0.15, 0.2) is 0 Å². The molecule has 6 nitrogen and oxygen atoms in total. The molecule has 6 heteroatoms. The molecule has 2 heterocycles. The highest BCUT2D eigenvalue weighted by molar-refractivity contribution is 5.75. The molecule has 0 spiro atoms. The van der Waals surface area contributed by atoms with Gasteiger partial charge in [0.15, 0.2) is 0 Å². The molecule has 234 valence electrons. The van der Waals surface area contributed by atoms with Crippen molar-refractivity contribution in [1.29, 1.82) is 0 Å². The van der Waals surface area contributed by atoms with Gasteiger partial charge in [0.1, 0.15) is 0 Å². The van der Waals surface area contributed by atoms with Crippen LogP contribution < -0.4 is 0 Å². The minimum absolute atomic E-state index is 0.0230. The van der Waals surface area contributed by atoms with Crippen LogP contribution in [0.4, 0.5) is 0 Å². The van der Waals surface area contributed by atoms with Gasteiger partial charge in [0.05, 0.1) is 5.41 Å². The lowest BCUT2D eigenvalue weighted by Gasteiger charge is -2.60. The highest BCUT2D eigenvalue weighted by Crippen LogP contribution is 2.49. The van der Waals surface area contributed by atoms with Crippen LogP contribution >= 0.6 is 0 Å². The lowest BCUT2D eigenvalue weighted by molar-refractivity contribution is -0.155. The fourth-order valence-electron chi connectivity index (χ4n) is 8.50. The second kappa shape index (κ2) is 13.4. The van der Waals surface area contributed by atoms with Crippen LogP contribution in [-0.4, -0.2) is 67.2 Å². The van der Waals surface area contributed by atoms with Crippen LogP contribution in [0.25, 0.3) is 0 Å². The van der Waals surface area contributed by atoms with E-state index < -0.39 is 17.4 Å². The summed E-state index contributed by atoms with van der Waals surface area (Å²) in [6, 6.07) is 0. The molecule has 2 aliphatic heterocycles. The monoisotopic (exact) mass is 564 g/mol. The number of piperidine rings is 2. The maximum atomic E-state index is 13.3. The average Bonchev–Trinajstić information content (AvgIpc) is 2.92. The van der Waals surface area contributed by atoms with Crippen LogP contribution in [0.5, 0.6) is 0 Å². The summed E-state index contributed by atoms with van der Waals surface area (Å²) in [7, 11) is 0. The highest BCUT2D eigenvalue weighted by Gasteiger charge is 2.52. The van der Waals surface area contributed by atoms with Gasteiger partial charge in [-0.05, 0) is 117 Å². The summed E-state index contributed by atoms with van der Waals surface area (Å²) in [4.78, 5) is 30.1. The number of carboxylic acids is 2. The molecule has 6 atom stereocenters. The number of carbonyl (C=O) groups is 2. The first-order valence-corrected chi connectivity index (χ1v) is 16.5. The van der Waals surface area contributed by atoms with Gasteiger partial charge in [-0.25, -0.2) is 0 Å². The van der Waals surface area contributed by atoms with Crippen molar-refractivity contribution in [3.8, 4) is 0 Å².